The van der Waals surface area contributed by atoms with Crippen molar-refractivity contribution in [1.82, 2.24) is 19.8 Å². The summed E-state index contributed by atoms with van der Waals surface area (Å²) in [6.07, 6.45) is 3.55. The van der Waals surface area contributed by atoms with E-state index in [1.54, 1.807) is 6.26 Å². The number of rotatable bonds is 6. The van der Waals surface area contributed by atoms with Gasteiger partial charge in [-0.2, -0.15) is 0 Å². The Morgan fingerprint density at radius 2 is 1.81 bits per heavy atom. The molecule has 1 saturated heterocycles. The highest BCUT2D eigenvalue weighted by Gasteiger charge is 2.41. The van der Waals surface area contributed by atoms with Crippen molar-refractivity contribution < 1.29 is 4.42 Å². The molecule has 0 bridgehead atoms. The van der Waals surface area contributed by atoms with Gasteiger partial charge in [0.15, 0.2) is 5.11 Å². The quantitative estimate of drug-likeness (QED) is 0.410. The van der Waals surface area contributed by atoms with Gasteiger partial charge < -0.3 is 19.2 Å². The number of benzene rings is 1. The fourth-order valence-corrected chi connectivity index (χ4v) is 4.93. The zero-order valence-corrected chi connectivity index (χ0v) is 19.0. The second kappa shape index (κ2) is 8.63. The van der Waals surface area contributed by atoms with Gasteiger partial charge in [0.2, 0.25) is 0 Å². The molecule has 4 heterocycles. The zero-order valence-electron chi connectivity index (χ0n) is 18.2. The van der Waals surface area contributed by atoms with E-state index in [0.29, 0.717) is 6.54 Å². The minimum atomic E-state index is -0.0377. The fraction of sp³-hybridized carbons (Fsp3) is 0.231. The van der Waals surface area contributed by atoms with Crippen LogP contribution in [0.1, 0.15) is 46.1 Å². The van der Waals surface area contributed by atoms with Crippen molar-refractivity contribution in [3.05, 3.63) is 113 Å². The molecule has 162 valence electrons. The van der Waals surface area contributed by atoms with Crippen molar-refractivity contribution in [2.24, 2.45) is 0 Å². The molecule has 0 saturated carbocycles. The number of aromatic nitrogens is 2. The van der Waals surface area contributed by atoms with Crippen LogP contribution in [0.4, 0.5) is 0 Å². The largest absolute Gasteiger partial charge is 0.467 e. The van der Waals surface area contributed by atoms with Crippen molar-refractivity contribution in [1.29, 1.82) is 0 Å². The van der Waals surface area contributed by atoms with Crippen molar-refractivity contribution in [3.8, 4) is 0 Å². The molecule has 5 rings (SSSR count). The van der Waals surface area contributed by atoms with E-state index in [1.165, 1.54) is 22.5 Å². The van der Waals surface area contributed by atoms with Crippen LogP contribution < -0.4 is 5.32 Å². The number of thiocarbonyl (C=S) groups is 1. The van der Waals surface area contributed by atoms with Gasteiger partial charge in [0.1, 0.15) is 5.76 Å². The molecular weight excluding hydrogens is 416 g/mol. The van der Waals surface area contributed by atoms with E-state index in [4.69, 9.17) is 16.6 Å². The number of nitrogens with one attached hydrogen (secondary N) is 1. The van der Waals surface area contributed by atoms with E-state index in [1.807, 2.05) is 30.5 Å². The van der Waals surface area contributed by atoms with Gasteiger partial charge in [-0.05, 0) is 67.5 Å². The van der Waals surface area contributed by atoms with Crippen LogP contribution >= 0.6 is 12.2 Å². The first-order chi connectivity index (χ1) is 15.6. The number of hydrogen-bond donors (Lipinski definition) is 1. The summed E-state index contributed by atoms with van der Waals surface area (Å²) in [5.74, 6) is 0.888. The molecule has 6 heteroatoms. The Morgan fingerprint density at radius 3 is 2.53 bits per heavy atom. The molecule has 4 aromatic rings. The third kappa shape index (κ3) is 3.82. The number of hydrogen-bond acceptors (Lipinski definition) is 3. The maximum atomic E-state index is 5.79. The normalized spacial score (nSPS) is 18.2. The average molecular weight is 443 g/mol. The molecule has 0 aliphatic carbocycles. The van der Waals surface area contributed by atoms with Gasteiger partial charge in [0.05, 0.1) is 30.6 Å². The van der Waals surface area contributed by atoms with Crippen molar-refractivity contribution in [3.63, 3.8) is 0 Å². The third-order valence-electron chi connectivity index (χ3n) is 6.22. The summed E-state index contributed by atoms with van der Waals surface area (Å²) < 4.78 is 8.04. The summed E-state index contributed by atoms with van der Waals surface area (Å²) in [6.45, 7) is 5.82. The Morgan fingerprint density at radius 1 is 1.00 bits per heavy atom. The molecule has 0 unspecified atom stereocenters. The highest BCUT2D eigenvalue weighted by atomic mass is 32.1. The summed E-state index contributed by atoms with van der Waals surface area (Å²) in [6, 6.07) is 22.8. The lowest BCUT2D eigenvalue weighted by molar-refractivity contribution is 0.286. The third-order valence-corrected chi connectivity index (χ3v) is 6.57. The van der Waals surface area contributed by atoms with Gasteiger partial charge in [-0.1, -0.05) is 36.4 Å². The fourth-order valence-electron chi connectivity index (χ4n) is 4.62. The van der Waals surface area contributed by atoms with Crippen molar-refractivity contribution in [2.75, 3.05) is 0 Å². The molecule has 0 radical (unpaired) electrons. The number of nitrogens with zero attached hydrogens (tertiary/aromatic N) is 3. The van der Waals surface area contributed by atoms with Gasteiger partial charge in [-0.3, -0.25) is 4.98 Å². The summed E-state index contributed by atoms with van der Waals surface area (Å²) >= 11 is 5.79. The highest BCUT2D eigenvalue weighted by Crippen LogP contribution is 2.41. The molecular formula is C26H26N4OS. The molecule has 2 atom stereocenters. The predicted molar refractivity (Wildman–Crippen MR) is 129 cm³/mol. The zero-order chi connectivity index (χ0) is 22.1. The lowest BCUT2D eigenvalue weighted by Crippen LogP contribution is -2.29. The van der Waals surface area contributed by atoms with E-state index in [0.717, 1.165) is 23.1 Å². The van der Waals surface area contributed by atoms with Crippen LogP contribution in [-0.2, 0) is 13.1 Å². The molecule has 5 nitrogen and oxygen atoms in total. The second-order valence-electron chi connectivity index (χ2n) is 8.23. The molecule has 0 amide bonds. The van der Waals surface area contributed by atoms with Gasteiger partial charge in [-0.25, -0.2) is 0 Å². The molecule has 1 aliphatic rings. The Bertz CT molecular complexity index is 1200. The lowest BCUT2D eigenvalue weighted by Gasteiger charge is -2.27. The number of furan rings is 1. The standard InChI is InChI=1S/C26H26N4OS/c1-18-15-22(19(2)29(18)16-20-9-4-3-5-10-20)25-24(23-12-6-7-13-27-23)28-26(32)30(25)17-21-11-8-14-31-21/h3-15,24-25H,16-17H2,1-2H3,(H,28,32)/t24-,25-/m0/s1. The summed E-state index contributed by atoms with van der Waals surface area (Å²) in [7, 11) is 0. The second-order valence-corrected chi connectivity index (χ2v) is 8.62. The first kappa shape index (κ1) is 20.5. The maximum Gasteiger partial charge on any atom is 0.170 e. The molecule has 0 spiro atoms. The van der Waals surface area contributed by atoms with Crippen LogP contribution in [0.3, 0.4) is 0 Å². The van der Waals surface area contributed by atoms with E-state index in [9.17, 15) is 0 Å². The minimum Gasteiger partial charge on any atom is -0.467 e. The Labute approximate surface area is 193 Å². The average Bonchev–Trinajstić information content (AvgIpc) is 3.51. The molecule has 1 aromatic carbocycles. The predicted octanol–water partition coefficient (Wildman–Crippen LogP) is 5.31. The van der Waals surface area contributed by atoms with Crippen LogP contribution in [-0.4, -0.2) is 19.6 Å². The van der Waals surface area contributed by atoms with Gasteiger partial charge in [0, 0.05) is 24.1 Å². The summed E-state index contributed by atoms with van der Waals surface area (Å²) in [4.78, 5) is 6.87. The first-order valence-corrected chi connectivity index (χ1v) is 11.2. The Balaban J connectivity index is 1.56. The van der Waals surface area contributed by atoms with Crippen LogP contribution in [0.15, 0.2) is 83.6 Å². The first-order valence-electron chi connectivity index (χ1n) is 10.8. The van der Waals surface area contributed by atoms with E-state index < -0.39 is 0 Å². The summed E-state index contributed by atoms with van der Waals surface area (Å²) in [5.41, 5.74) is 6.00. The Hall–Kier alpha value is -3.38. The minimum absolute atomic E-state index is 0.0122. The number of pyridine rings is 1. The molecule has 3 aromatic heterocycles. The maximum absolute atomic E-state index is 5.79. The molecule has 32 heavy (non-hydrogen) atoms. The van der Waals surface area contributed by atoms with Crippen LogP contribution in [0.5, 0.6) is 0 Å². The molecule has 1 aliphatic heterocycles. The van der Waals surface area contributed by atoms with E-state index >= 15 is 0 Å². The van der Waals surface area contributed by atoms with Gasteiger partial charge >= 0.3 is 0 Å². The molecule has 1 fully saturated rings. The van der Waals surface area contributed by atoms with E-state index in [-0.39, 0.29) is 12.1 Å². The number of aryl methyl sites for hydroxylation is 1. The van der Waals surface area contributed by atoms with Crippen molar-refractivity contribution in [2.45, 2.75) is 39.0 Å². The van der Waals surface area contributed by atoms with Gasteiger partial charge in [-0.15, -0.1) is 0 Å². The smallest absolute Gasteiger partial charge is 0.170 e. The monoisotopic (exact) mass is 442 g/mol. The van der Waals surface area contributed by atoms with Gasteiger partial charge in [0.25, 0.3) is 0 Å². The Kier molecular flexibility index (Phi) is 5.53. The van der Waals surface area contributed by atoms with Crippen LogP contribution in [0, 0.1) is 13.8 Å². The SMILES string of the molecule is Cc1cc([C@H]2[C@H](c3ccccn3)NC(=S)N2Cc2ccco2)c(C)n1Cc1ccccc1. The van der Waals surface area contributed by atoms with Crippen molar-refractivity contribution >= 4 is 17.3 Å². The van der Waals surface area contributed by atoms with E-state index in [2.05, 4.69) is 76.1 Å². The topological polar surface area (TPSA) is 46.2 Å². The molecule has 1 N–H and O–H groups in total. The van der Waals surface area contributed by atoms with Crippen LogP contribution in [0.2, 0.25) is 0 Å². The highest BCUT2D eigenvalue weighted by molar-refractivity contribution is 7.80. The lowest BCUT2D eigenvalue weighted by atomic mass is 9.96. The summed E-state index contributed by atoms with van der Waals surface area (Å²) in [5, 5.41) is 4.25. The van der Waals surface area contributed by atoms with Crippen LogP contribution in [0.25, 0.3) is 0 Å².